The quantitative estimate of drug-likeness (QED) is 0.814. The molecule has 0 spiro atoms. The lowest BCUT2D eigenvalue weighted by Crippen LogP contribution is -2.31. The number of thiocarbonyl (C=S) groups is 1. The minimum Gasteiger partial charge on any atom is -0.389 e. The SMILES string of the molecule is CCN(CCOC)c1nc2c(cc1C(N)=S)CCCC2. The molecule has 0 fully saturated rings. The van der Waals surface area contributed by atoms with Crippen molar-refractivity contribution in [1.82, 2.24) is 4.98 Å². The Labute approximate surface area is 126 Å². The Morgan fingerprint density at radius 3 is 2.85 bits per heavy atom. The molecule has 0 unspecified atom stereocenters. The number of ether oxygens (including phenoxy) is 1. The zero-order valence-corrected chi connectivity index (χ0v) is 13.1. The summed E-state index contributed by atoms with van der Waals surface area (Å²) in [5, 5.41) is 0. The number of rotatable bonds is 6. The fourth-order valence-electron chi connectivity index (χ4n) is 2.66. The van der Waals surface area contributed by atoms with Crippen LogP contribution >= 0.6 is 12.2 Å². The van der Waals surface area contributed by atoms with Gasteiger partial charge < -0.3 is 15.4 Å². The monoisotopic (exact) mass is 293 g/mol. The first-order chi connectivity index (χ1) is 9.67. The summed E-state index contributed by atoms with van der Waals surface area (Å²) >= 11 is 5.21. The molecule has 0 bridgehead atoms. The minimum atomic E-state index is 0.428. The molecule has 0 saturated heterocycles. The third-order valence-electron chi connectivity index (χ3n) is 3.79. The second-order valence-electron chi connectivity index (χ2n) is 5.11. The number of pyridine rings is 1. The lowest BCUT2D eigenvalue weighted by atomic mass is 9.94. The highest BCUT2D eigenvalue weighted by Crippen LogP contribution is 2.26. The fraction of sp³-hybridized carbons (Fsp3) is 0.600. The first-order valence-electron chi connectivity index (χ1n) is 7.23. The molecule has 0 amide bonds. The van der Waals surface area contributed by atoms with E-state index >= 15 is 0 Å². The molecule has 2 N–H and O–H groups in total. The zero-order chi connectivity index (χ0) is 14.5. The predicted octanol–water partition coefficient (Wildman–Crippen LogP) is 2.07. The van der Waals surface area contributed by atoms with Crippen LogP contribution in [0.4, 0.5) is 5.82 Å². The van der Waals surface area contributed by atoms with Crippen LogP contribution in [-0.2, 0) is 17.6 Å². The lowest BCUT2D eigenvalue weighted by Gasteiger charge is -2.26. The van der Waals surface area contributed by atoms with E-state index in [0.29, 0.717) is 11.6 Å². The second kappa shape index (κ2) is 6.99. The van der Waals surface area contributed by atoms with E-state index in [0.717, 1.165) is 37.3 Å². The van der Waals surface area contributed by atoms with Crippen molar-refractivity contribution in [3.05, 3.63) is 22.9 Å². The predicted molar refractivity (Wildman–Crippen MR) is 86.5 cm³/mol. The lowest BCUT2D eigenvalue weighted by molar-refractivity contribution is 0.205. The van der Waals surface area contributed by atoms with E-state index in [1.807, 2.05) is 0 Å². The Morgan fingerprint density at radius 2 is 2.20 bits per heavy atom. The van der Waals surface area contributed by atoms with Crippen molar-refractivity contribution in [2.45, 2.75) is 32.6 Å². The number of anilines is 1. The summed E-state index contributed by atoms with van der Waals surface area (Å²) in [6.45, 7) is 4.45. The summed E-state index contributed by atoms with van der Waals surface area (Å²) < 4.78 is 5.18. The highest BCUT2D eigenvalue weighted by atomic mass is 32.1. The van der Waals surface area contributed by atoms with Gasteiger partial charge in [-0.25, -0.2) is 4.98 Å². The molecule has 0 aliphatic heterocycles. The molecule has 0 aromatic carbocycles. The van der Waals surface area contributed by atoms with Crippen molar-refractivity contribution in [3.63, 3.8) is 0 Å². The molecule has 0 radical (unpaired) electrons. The third-order valence-corrected chi connectivity index (χ3v) is 4.01. The molecule has 1 aromatic rings. The van der Waals surface area contributed by atoms with Crippen molar-refractivity contribution < 1.29 is 4.74 Å². The average molecular weight is 293 g/mol. The van der Waals surface area contributed by atoms with Crippen LogP contribution < -0.4 is 10.6 Å². The molecule has 1 heterocycles. The maximum absolute atomic E-state index is 5.90. The van der Waals surface area contributed by atoms with Gasteiger partial charge in [0.1, 0.15) is 10.8 Å². The number of likely N-dealkylation sites (N-methyl/N-ethyl adjacent to an activating group) is 1. The Balaban J connectivity index is 2.40. The number of aryl methyl sites for hydroxylation is 2. The van der Waals surface area contributed by atoms with Gasteiger partial charge in [0.2, 0.25) is 0 Å². The molecule has 4 nitrogen and oxygen atoms in total. The Morgan fingerprint density at radius 1 is 1.45 bits per heavy atom. The van der Waals surface area contributed by atoms with E-state index in [1.165, 1.54) is 24.1 Å². The maximum atomic E-state index is 5.90. The van der Waals surface area contributed by atoms with Gasteiger partial charge in [0.25, 0.3) is 0 Å². The summed E-state index contributed by atoms with van der Waals surface area (Å²) in [6, 6.07) is 2.15. The van der Waals surface area contributed by atoms with E-state index in [4.69, 9.17) is 27.7 Å². The van der Waals surface area contributed by atoms with Gasteiger partial charge >= 0.3 is 0 Å². The normalized spacial score (nSPS) is 13.9. The molecule has 0 saturated carbocycles. The molecular weight excluding hydrogens is 270 g/mol. The van der Waals surface area contributed by atoms with Crippen LogP contribution in [0.1, 0.15) is 36.6 Å². The number of nitrogens with two attached hydrogens (primary N) is 1. The molecule has 0 atom stereocenters. The van der Waals surface area contributed by atoms with E-state index in [-0.39, 0.29) is 0 Å². The molecule has 110 valence electrons. The summed E-state index contributed by atoms with van der Waals surface area (Å²) in [5.74, 6) is 0.915. The maximum Gasteiger partial charge on any atom is 0.139 e. The first kappa shape index (κ1) is 15.2. The van der Waals surface area contributed by atoms with Crippen LogP contribution in [-0.4, -0.2) is 36.8 Å². The van der Waals surface area contributed by atoms with Crippen molar-refractivity contribution in [2.75, 3.05) is 31.7 Å². The third kappa shape index (κ3) is 3.27. The standard InChI is InChI=1S/C15H23N3OS/c1-3-18(8-9-19-2)15-12(14(16)20)10-11-6-4-5-7-13(11)17-15/h10H,3-9H2,1-2H3,(H2,16,20). The van der Waals surface area contributed by atoms with Crippen LogP contribution in [0, 0.1) is 0 Å². The zero-order valence-electron chi connectivity index (χ0n) is 12.3. The van der Waals surface area contributed by atoms with E-state index in [2.05, 4.69) is 17.9 Å². The highest BCUT2D eigenvalue weighted by Gasteiger charge is 2.19. The Hall–Kier alpha value is -1.20. The van der Waals surface area contributed by atoms with Crippen LogP contribution in [0.2, 0.25) is 0 Å². The van der Waals surface area contributed by atoms with Gasteiger partial charge in [0.05, 0.1) is 12.2 Å². The first-order valence-corrected chi connectivity index (χ1v) is 7.64. The molecule has 1 aliphatic carbocycles. The molecule has 5 heteroatoms. The van der Waals surface area contributed by atoms with Gasteiger partial charge in [-0.3, -0.25) is 0 Å². The second-order valence-corrected chi connectivity index (χ2v) is 5.55. The van der Waals surface area contributed by atoms with Crippen molar-refractivity contribution >= 4 is 23.0 Å². The van der Waals surface area contributed by atoms with E-state index in [9.17, 15) is 0 Å². The summed E-state index contributed by atoms with van der Waals surface area (Å²) in [4.78, 5) is 7.48. The number of methoxy groups -OCH3 is 1. The van der Waals surface area contributed by atoms with Crippen LogP contribution in [0.15, 0.2) is 6.07 Å². The minimum absolute atomic E-state index is 0.428. The van der Waals surface area contributed by atoms with Crippen LogP contribution in [0.25, 0.3) is 0 Å². The van der Waals surface area contributed by atoms with Gasteiger partial charge in [0, 0.05) is 25.9 Å². The van der Waals surface area contributed by atoms with Crippen LogP contribution in [0.3, 0.4) is 0 Å². The van der Waals surface area contributed by atoms with Crippen LogP contribution in [0.5, 0.6) is 0 Å². The van der Waals surface area contributed by atoms with Gasteiger partial charge in [0.15, 0.2) is 0 Å². The largest absolute Gasteiger partial charge is 0.389 e. The molecular formula is C15H23N3OS. The molecule has 20 heavy (non-hydrogen) atoms. The van der Waals surface area contributed by atoms with Gasteiger partial charge in [-0.1, -0.05) is 12.2 Å². The number of hydrogen-bond donors (Lipinski definition) is 1. The van der Waals surface area contributed by atoms with E-state index in [1.54, 1.807) is 7.11 Å². The van der Waals surface area contributed by atoms with Gasteiger partial charge in [-0.15, -0.1) is 0 Å². The Bertz CT molecular complexity index is 490. The summed E-state index contributed by atoms with van der Waals surface area (Å²) in [7, 11) is 1.71. The van der Waals surface area contributed by atoms with E-state index < -0.39 is 0 Å². The summed E-state index contributed by atoms with van der Waals surface area (Å²) in [5.41, 5.74) is 9.32. The number of aromatic nitrogens is 1. The summed E-state index contributed by atoms with van der Waals surface area (Å²) in [6.07, 6.45) is 4.59. The highest BCUT2D eigenvalue weighted by molar-refractivity contribution is 7.80. The van der Waals surface area contributed by atoms with Crippen molar-refractivity contribution in [1.29, 1.82) is 0 Å². The molecule has 1 aliphatic rings. The van der Waals surface area contributed by atoms with Crippen molar-refractivity contribution in [2.24, 2.45) is 5.73 Å². The number of nitrogens with zero attached hydrogens (tertiary/aromatic N) is 2. The van der Waals surface area contributed by atoms with Crippen molar-refractivity contribution in [3.8, 4) is 0 Å². The smallest absolute Gasteiger partial charge is 0.139 e. The Kier molecular flexibility index (Phi) is 5.31. The average Bonchev–Trinajstić information content (AvgIpc) is 2.47. The molecule has 1 aromatic heterocycles. The fourth-order valence-corrected chi connectivity index (χ4v) is 2.81. The number of hydrogen-bond acceptors (Lipinski definition) is 4. The van der Waals surface area contributed by atoms with Gasteiger partial charge in [-0.05, 0) is 44.2 Å². The van der Waals surface area contributed by atoms with Gasteiger partial charge in [-0.2, -0.15) is 0 Å². The number of fused-ring (bicyclic) bond motifs is 1. The molecule has 2 rings (SSSR count). The topological polar surface area (TPSA) is 51.4 Å².